The van der Waals surface area contributed by atoms with E-state index in [4.69, 9.17) is 27.8 Å². The van der Waals surface area contributed by atoms with E-state index in [1.807, 2.05) is 0 Å². The molecule has 0 unspecified atom stereocenters. The number of aromatic nitrogens is 1. The summed E-state index contributed by atoms with van der Waals surface area (Å²) in [6.07, 6.45) is 0. The number of nitrogens with two attached hydrogens (primary N) is 2. The van der Waals surface area contributed by atoms with Crippen LogP contribution in [0.3, 0.4) is 0 Å². The third-order valence-electron chi connectivity index (χ3n) is 2.68. The van der Waals surface area contributed by atoms with E-state index >= 15 is 0 Å². The van der Waals surface area contributed by atoms with Gasteiger partial charge in [0.1, 0.15) is 5.15 Å². The van der Waals surface area contributed by atoms with Crippen molar-refractivity contribution in [2.45, 2.75) is 13.0 Å². The minimum atomic E-state index is 0.224. The quantitative estimate of drug-likeness (QED) is 0.722. The van der Waals surface area contributed by atoms with E-state index in [-0.39, 0.29) is 6.04 Å². The lowest BCUT2D eigenvalue weighted by atomic mass is 10.2. The Balaban J connectivity index is 2.38. The van der Waals surface area contributed by atoms with Gasteiger partial charge in [-0.2, -0.15) is 0 Å². The number of anilines is 3. The molecule has 1 saturated heterocycles. The molecule has 1 fully saturated rings. The molecule has 1 aromatic heterocycles. The molecule has 2 rings (SSSR count). The average molecular weight is 243 g/mol. The van der Waals surface area contributed by atoms with E-state index in [0.29, 0.717) is 35.6 Å². The van der Waals surface area contributed by atoms with Gasteiger partial charge in [-0.3, -0.25) is 0 Å². The minimum Gasteiger partial charge on any atom is -0.397 e. The maximum Gasteiger partial charge on any atom is 0.156 e. The van der Waals surface area contributed by atoms with Gasteiger partial charge in [0.2, 0.25) is 0 Å². The fraction of sp³-hybridized carbons (Fsp3) is 0.500. The van der Waals surface area contributed by atoms with Gasteiger partial charge in [0.25, 0.3) is 0 Å². The lowest BCUT2D eigenvalue weighted by Gasteiger charge is -2.35. The molecule has 0 aromatic carbocycles. The number of ether oxygens (including phenoxy) is 1. The van der Waals surface area contributed by atoms with Crippen molar-refractivity contribution in [3.8, 4) is 0 Å². The summed E-state index contributed by atoms with van der Waals surface area (Å²) in [6, 6.07) is 1.78. The smallest absolute Gasteiger partial charge is 0.156 e. The van der Waals surface area contributed by atoms with Crippen LogP contribution >= 0.6 is 11.6 Å². The molecule has 0 amide bonds. The summed E-state index contributed by atoms with van der Waals surface area (Å²) in [5.74, 6) is 0.654. The molecule has 4 N–H and O–H groups in total. The first kappa shape index (κ1) is 11.3. The van der Waals surface area contributed by atoms with Gasteiger partial charge < -0.3 is 21.1 Å². The Morgan fingerprint density at radius 2 is 2.31 bits per heavy atom. The van der Waals surface area contributed by atoms with Crippen molar-refractivity contribution in [3.05, 3.63) is 11.2 Å². The molecule has 5 nitrogen and oxygen atoms in total. The number of nitrogen functional groups attached to an aromatic ring is 2. The number of hydrogen-bond donors (Lipinski definition) is 2. The fourth-order valence-electron chi connectivity index (χ4n) is 1.79. The van der Waals surface area contributed by atoms with Gasteiger partial charge >= 0.3 is 0 Å². The molecule has 16 heavy (non-hydrogen) atoms. The van der Waals surface area contributed by atoms with Gasteiger partial charge in [-0.05, 0) is 6.92 Å². The summed E-state index contributed by atoms with van der Waals surface area (Å²) in [5.41, 5.74) is 12.6. The third-order valence-corrected chi connectivity index (χ3v) is 2.87. The highest BCUT2D eigenvalue weighted by Crippen LogP contribution is 2.31. The Kier molecular flexibility index (Phi) is 3.07. The van der Waals surface area contributed by atoms with Crippen LogP contribution in [0.1, 0.15) is 6.92 Å². The van der Waals surface area contributed by atoms with E-state index in [1.165, 1.54) is 0 Å². The number of rotatable bonds is 1. The SMILES string of the molecule is C[C@@H]1COCCN1c1nc(Cl)cc(N)c1N. The maximum absolute atomic E-state index is 5.92. The summed E-state index contributed by atoms with van der Waals surface area (Å²) in [6.45, 7) is 4.13. The van der Waals surface area contributed by atoms with Crippen LogP contribution in [-0.2, 0) is 4.74 Å². The highest BCUT2D eigenvalue weighted by molar-refractivity contribution is 6.30. The minimum absolute atomic E-state index is 0.224. The lowest BCUT2D eigenvalue weighted by Crippen LogP contribution is -2.44. The molecule has 1 aliphatic heterocycles. The van der Waals surface area contributed by atoms with E-state index < -0.39 is 0 Å². The highest BCUT2D eigenvalue weighted by Gasteiger charge is 2.23. The second-order valence-electron chi connectivity index (χ2n) is 3.89. The molecule has 88 valence electrons. The van der Waals surface area contributed by atoms with Crippen molar-refractivity contribution in [1.29, 1.82) is 0 Å². The Morgan fingerprint density at radius 3 is 3.00 bits per heavy atom. The van der Waals surface area contributed by atoms with E-state index in [1.54, 1.807) is 6.07 Å². The molecule has 0 aliphatic carbocycles. The summed E-state index contributed by atoms with van der Waals surface area (Å²) >= 11 is 5.88. The van der Waals surface area contributed by atoms with Crippen LogP contribution < -0.4 is 16.4 Å². The Bertz CT molecular complexity index is 399. The van der Waals surface area contributed by atoms with Crippen LogP contribution in [0, 0.1) is 0 Å². The Hall–Kier alpha value is -1.20. The molecule has 2 heterocycles. The topological polar surface area (TPSA) is 77.4 Å². The standard InChI is InChI=1S/C10H15ClN4O/c1-6-5-16-3-2-15(6)10-9(13)7(12)4-8(11)14-10/h4,6H,2-3,5,13H2,1H3,(H2,12,14)/t6-/m1/s1. The first-order valence-corrected chi connectivity index (χ1v) is 5.53. The molecule has 0 saturated carbocycles. The van der Waals surface area contributed by atoms with Crippen LogP contribution in [-0.4, -0.2) is 30.8 Å². The number of pyridine rings is 1. The Morgan fingerprint density at radius 1 is 1.56 bits per heavy atom. The van der Waals surface area contributed by atoms with Crippen molar-refractivity contribution >= 4 is 28.8 Å². The van der Waals surface area contributed by atoms with Gasteiger partial charge in [0, 0.05) is 12.6 Å². The van der Waals surface area contributed by atoms with E-state index in [2.05, 4.69) is 16.8 Å². The molecular weight excluding hydrogens is 228 g/mol. The molecular formula is C10H15ClN4O. The summed E-state index contributed by atoms with van der Waals surface area (Å²) in [4.78, 5) is 6.31. The maximum atomic E-state index is 5.92. The van der Waals surface area contributed by atoms with Crippen LogP contribution in [0.15, 0.2) is 6.07 Å². The van der Waals surface area contributed by atoms with Crippen molar-refractivity contribution < 1.29 is 4.74 Å². The number of nitrogens with zero attached hydrogens (tertiary/aromatic N) is 2. The van der Waals surface area contributed by atoms with Gasteiger partial charge in [-0.1, -0.05) is 11.6 Å². The van der Waals surface area contributed by atoms with Gasteiger partial charge in [0.05, 0.1) is 30.6 Å². The molecule has 0 bridgehead atoms. The predicted octanol–water partition coefficient (Wildman–Crippen LogP) is 1.12. The van der Waals surface area contributed by atoms with Crippen LogP contribution in [0.4, 0.5) is 17.2 Å². The predicted molar refractivity (Wildman–Crippen MR) is 65.7 cm³/mol. The Labute approximate surface area is 99.3 Å². The molecule has 0 spiro atoms. The summed E-state index contributed by atoms with van der Waals surface area (Å²) in [5, 5.41) is 0.361. The monoisotopic (exact) mass is 242 g/mol. The molecule has 1 atom stereocenters. The second-order valence-corrected chi connectivity index (χ2v) is 4.28. The number of halogens is 1. The van der Waals surface area contributed by atoms with E-state index in [9.17, 15) is 0 Å². The fourth-order valence-corrected chi connectivity index (χ4v) is 1.99. The van der Waals surface area contributed by atoms with Crippen LogP contribution in [0.2, 0.25) is 5.15 Å². The molecule has 0 radical (unpaired) electrons. The summed E-state index contributed by atoms with van der Waals surface area (Å²) < 4.78 is 5.36. The zero-order valence-corrected chi connectivity index (χ0v) is 9.87. The second kappa shape index (κ2) is 4.35. The molecule has 1 aliphatic rings. The first-order valence-electron chi connectivity index (χ1n) is 5.15. The average Bonchev–Trinajstić information content (AvgIpc) is 2.24. The zero-order valence-electron chi connectivity index (χ0n) is 9.11. The van der Waals surface area contributed by atoms with Gasteiger partial charge in [-0.25, -0.2) is 4.98 Å². The largest absolute Gasteiger partial charge is 0.397 e. The third kappa shape index (κ3) is 2.01. The van der Waals surface area contributed by atoms with E-state index in [0.717, 1.165) is 6.54 Å². The summed E-state index contributed by atoms with van der Waals surface area (Å²) in [7, 11) is 0. The van der Waals surface area contributed by atoms with Crippen molar-refractivity contribution in [1.82, 2.24) is 4.98 Å². The molecule has 1 aromatic rings. The molecule has 6 heteroatoms. The number of morpholine rings is 1. The lowest BCUT2D eigenvalue weighted by molar-refractivity contribution is 0.0986. The van der Waals surface area contributed by atoms with Crippen LogP contribution in [0.5, 0.6) is 0 Å². The van der Waals surface area contributed by atoms with Gasteiger partial charge in [-0.15, -0.1) is 0 Å². The first-order chi connectivity index (χ1) is 7.59. The number of hydrogen-bond acceptors (Lipinski definition) is 5. The highest BCUT2D eigenvalue weighted by atomic mass is 35.5. The van der Waals surface area contributed by atoms with Crippen molar-refractivity contribution in [2.75, 3.05) is 36.1 Å². The van der Waals surface area contributed by atoms with Crippen molar-refractivity contribution in [3.63, 3.8) is 0 Å². The van der Waals surface area contributed by atoms with Gasteiger partial charge in [0.15, 0.2) is 5.82 Å². The zero-order chi connectivity index (χ0) is 11.7. The van der Waals surface area contributed by atoms with Crippen molar-refractivity contribution in [2.24, 2.45) is 0 Å². The van der Waals surface area contributed by atoms with Crippen LogP contribution in [0.25, 0.3) is 0 Å². The normalized spacial score (nSPS) is 21.1.